The average molecular weight is 436 g/mol. The van der Waals surface area contributed by atoms with Crippen molar-refractivity contribution in [2.45, 2.75) is 32.6 Å². The number of amides is 1. The number of nitrogens with one attached hydrogen (secondary N) is 1. The summed E-state index contributed by atoms with van der Waals surface area (Å²) in [5.74, 6) is 0.228. The zero-order chi connectivity index (χ0) is 21.6. The fourth-order valence-electron chi connectivity index (χ4n) is 4.37. The lowest BCUT2D eigenvalue weighted by atomic mass is 9.71. The smallest absolute Gasteiger partial charge is 0.232 e. The lowest BCUT2D eigenvalue weighted by molar-refractivity contribution is -0.125. The van der Waals surface area contributed by atoms with Gasteiger partial charge in [0.25, 0.3) is 0 Å². The minimum absolute atomic E-state index is 0.0525. The van der Waals surface area contributed by atoms with E-state index in [1.807, 2.05) is 26.1 Å². The first-order valence-corrected chi connectivity index (χ1v) is 11.1. The van der Waals surface area contributed by atoms with E-state index in [9.17, 15) is 9.18 Å². The molecule has 5 rings (SSSR count). The minimum atomic E-state index is -0.618. The summed E-state index contributed by atoms with van der Waals surface area (Å²) < 4.78 is 15.1. The van der Waals surface area contributed by atoms with Gasteiger partial charge in [-0.1, -0.05) is 31.3 Å². The number of anilines is 1. The first kappa shape index (κ1) is 19.8. The van der Waals surface area contributed by atoms with Crippen molar-refractivity contribution in [2.75, 3.05) is 5.32 Å². The highest BCUT2D eigenvalue weighted by Gasteiger charge is 2.46. The number of hydrogen-bond donors (Lipinski definition) is 1. The summed E-state index contributed by atoms with van der Waals surface area (Å²) in [5, 5.41) is 16.7. The Balaban J connectivity index is 1.48. The third-order valence-electron chi connectivity index (χ3n) is 6.06. The number of nitrogens with zero attached hydrogens (tertiary/aromatic N) is 4. The van der Waals surface area contributed by atoms with Crippen molar-refractivity contribution in [2.24, 2.45) is 11.3 Å². The van der Waals surface area contributed by atoms with Gasteiger partial charge < -0.3 is 5.32 Å². The van der Waals surface area contributed by atoms with Crippen LogP contribution in [-0.2, 0) is 4.79 Å². The van der Waals surface area contributed by atoms with Crippen LogP contribution in [-0.4, -0.2) is 25.9 Å². The van der Waals surface area contributed by atoms with E-state index in [1.165, 1.54) is 23.5 Å². The summed E-state index contributed by atoms with van der Waals surface area (Å²) >= 11 is 1.31. The van der Waals surface area contributed by atoms with Crippen LogP contribution in [0.4, 0.5) is 9.52 Å². The fourth-order valence-corrected chi connectivity index (χ4v) is 4.81. The van der Waals surface area contributed by atoms with Crippen molar-refractivity contribution in [1.29, 1.82) is 0 Å². The number of aromatic nitrogens is 4. The molecule has 2 aromatic heterocycles. The van der Waals surface area contributed by atoms with Crippen LogP contribution < -0.4 is 5.32 Å². The molecule has 0 spiro atoms. The van der Waals surface area contributed by atoms with Crippen LogP contribution in [0.3, 0.4) is 0 Å². The molecule has 0 saturated heterocycles. The summed E-state index contributed by atoms with van der Waals surface area (Å²) in [4.78, 5) is 13.1. The number of hydrogen-bond acceptors (Lipinski definition) is 5. The second-order valence-corrected chi connectivity index (χ2v) is 9.42. The summed E-state index contributed by atoms with van der Waals surface area (Å²) in [6.45, 7) is 4.00. The molecule has 6 nitrogen and oxygen atoms in total. The number of carbonyl (C=O) groups is 1. The van der Waals surface area contributed by atoms with E-state index in [-0.39, 0.29) is 17.6 Å². The monoisotopic (exact) mass is 435 g/mol. The summed E-state index contributed by atoms with van der Waals surface area (Å²) in [7, 11) is 0. The first-order chi connectivity index (χ1) is 14.9. The summed E-state index contributed by atoms with van der Waals surface area (Å²) in [6.07, 6.45) is 4.06. The van der Waals surface area contributed by atoms with Crippen LogP contribution in [0.5, 0.6) is 0 Å². The Labute approximate surface area is 183 Å². The van der Waals surface area contributed by atoms with E-state index >= 15 is 0 Å². The van der Waals surface area contributed by atoms with Gasteiger partial charge in [-0.15, -0.1) is 10.2 Å². The number of carbonyl (C=O) groups excluding carboxylic acids is 1. The van der Waals surface area contributed by atoms with Crippen molar-refractivity contribution in [3.8, 4) is 5.69 Å². The van der Waals surface area contributed by atoms with E-state index in [1.54, 1.807) is 22.3 Å². The molecule has 0 radical (unpaired) electrons. The van der Waals surface area contributed by atoms with Gasteiger partial charge in [0, 0.05) is 11.3 Å². The van der Waals surface area contributed by atoms with Crippen molar-refractivity contribution < 1.29 is 9.18 Å². The topological polar surface area (TPSA) is 72.7 Å². The van der Waals surface area contributed by atoms with Crippen LogP contribution in [0.25, 0.3) is 16.6 Å². The highest BCUT2D eigenvalue weighted by molar-refractivity contribution is 7.13. The zero-order valence-corrected chi connectivity index (χ0v) is 18.1. The Morgan fingerprint density at radius 2 is 2.00 bits per heavy atom. The fraction of sp³-hybridized carbons (Fsp3) is 0.304. The maximum Gasteiger partial charge on any atom is 0.232 e. The van der Waals surface area contributed by atoms with Gasteiger partial charge in [-0.05, 0) is 60.7 Å². The molecule has 1 atom stereocenters. The van der Waals surface area contributed by atoms with Gasteiger partial charge in [-0.3, -0.25) is 4.79 Å². The van der Waals surface area contributed by atoms with E-state index < -0.39 is 5.41 Å². The van der Waals surface area contributed by atoms with Crippen LogP contribution in [0.1, 0.15) is 38.2 Å². The van der Waals surface area contributed by atoms with Crippen LogP contribution in [0.2, 0.25) is 0 Å². The number of halogens is 1. The number of benzene rings is 2. The van der Waals surface area contributed by atoms with Gasteiger partial charge in [0.1, 0.15) is 11.3 Å². The van der Waals surface area contributed by atoms with Gasteiger partial charge >= 0.3 is 0 Å². The molecule has 1 amide bonds. The molecule has 1 aliphatic carbocycles. The molecule has 8 heteroatoms. The van der Waals surface area contributed by atoms with Crippen molar-refractivity contribution in [3.63, 3.8) is 0 Å². The lowest BCUT2D eigenvalue weighted by Gasteiger charge is -2.33. The molecular weight excluding hydrogens is 413 g/mol. The SMILES string of the molecule is CC(C)(C(=O)Nc1nncs1)C(c1ccc2c(cnn2-c2ccc(F)cc2)c1)C1CC1. The molecule has 1 aliphatic rings. The van der Waals surface area contributed by atoms with Gasteiger partial charge in [0.05, 0.1) is 22.8 Å². The maximum absolute atomic E-state index is 13.3. The standard InChI is InChI=1S/C23H22FN5OS/c1-23(2,21(30)27-22-28-25-13-31-22)20(14-3-4-14)15-5-10-19-16(11-15)12-26-29(19)18-8-6-17(24)7-9-18/h5-14,20H,3-4H2,1-2H3,(H,27,28,30). The largest absolute Gasteiger partial charge is 0.300 e. The third kappa shape index (κ3) is 3.72. The van der Waals surface area contributed by atoms with Crippen molar-refractivity contribution in [1.82, 2.24) is 20.0 Å². The maximum atomic E-state index is 13.3. The molecule has 4 aromatic rings. The van der Waals surface area contributed by atoms with Crippen LogP contribution in [0.15, 0.2) is 54.2 Å². The van der Waals surface area contributed by atoms with Crippen LogP contribution >= 0.6 is 11.3 Å². The Kier molecular flexibility index (Phi) is 4.81. The molecule has 1 N–H and O–H groups in total. The number of rotatable bonds is 6. The first-order valence-electron chi connectivity index (χ1n) is 10.2. The Morgan fingerprint density at radius 3 is 2.68 bits per heavy atom. The van der Waals surface area contributed by atoms with E-state index in [0.717, 1.165) is 35.0 Å². The second kappa shape index (κ2) is 7.53. The van der Waals surface area contributed by atoms with Crippen molar-refractivity contribution in [3.05, 3.63) is 65.6 Å². The Bertz CT molecular complexity index is 1230. The summed E-state index contributed by atoms with van der Waals surface area (Å²) in [6, 6.07) is 12.5. The molecule has 1 saturated carbocycles. The molecular formula is C23H22FN5OS. The normalized spacial score (nSPS) is 15.2. The average Bonchev–Trinajstić information content (AvgIpc) is 3.26. The van der Waals surface area contributed by atoms with Crippen molar-refractivity contribution >= 4 is 33.3 Å². The molecule has 2 aromatic carbocycles. The Morgan fingerprint density at radius 1 is 1.23 bits per heavy atom. The predicted molar refractivity (Wildman–Crippen MR) is 119 cm³/mol. The van der Waals surface area contributed by atoms with Gasteiger partial charge in [-0.25, -0.2) is 9.07 Å². The molecule has 1 fully saturated rings. The number of fused-ring (bicyclic) bond motifs is 1. The highest BCUT2D eigenvalue weighted by Crippen LogP contribution is 2.52. The van der Waals surface area contributed by atoms with E-state index in [2.05, 4.69) is 32.7 Å². The zero-order valence-electron chi connectivity index (χ0n) is 17.2. The van der Waals surface area contributed by atoms with Gasteiger partial charge in [0.2, 0.25) is 11.0 Å². The third-order valence-corrected chi connectivity index (χ3v) is 6.67. The minimum Gasteiger partial charge on any atom is -0.300 e. The Hall–Kier alpha value is -3.13. The second-order valence-electron chi connectivity index (χ2n) is 8.59. The molecule has 158 valence electrons. The van der Waals surface area contributed by atoms with Gasteiger partial charge in [0.15, 0.2) is 0 Å². The quantitative estimate of drug-likeness (QED) is 0.453. The molecule has 2 heterocycles. The molecule has 31 heavy (non-hydrogen) atoms. The predicted octanol–water partition coefficient (Wildman–Crippen LogP) is 5.17. The molecule has 0 bridgehead atoms. The lowest BCUT2D eigenvalue weighted by Crippen LogP contribution is -2.37. The van der Waals surface area contributed by atoms with E-state index in [0.29, 0.717) is 11.0 Å². The molecule has 0 aliphatic heterocycles. The van der Waals surface area contributed by atoms with Gasteiger partial charge in [-0.2, -0.15) is 5.10 Å². The summed E-state index contributed by atoms with van der Waals surface area (Å²) in [5.41, 5.74) is 3.87. The molecule has 1 unspecified atom stereocenters. The highest BCUT2D eigenvalue weighted by atomic mass is 32.1. The van der Waals surface area contributed by atoms with E-state index in [4.69, 9.17) is 0 Å². The van der Waals surface area contributed by atoms with Crippen LogP contribution in [0, 0.1) is 17.2 Å².